The first kappa shape index (κ1) is 15.1. The number of hydrogen-bond donors (Lipinski definition) is 1. The third-order valence-electron chi connectivity index (χ3n) is 3.45. The number of hydrogen-bond acceptors (Lipinski definition) is 2. The molecule has 1 atom stereocenters. The van der Waals surface area contributed by atoms with Crippen LogP contribution < -0.4 is 0 Å². The zero-order chi connectivity index (χ0) is 14.9. The molecule has 0 spiro atoms. The second-order valence-electron chi connectivity index (χ2n) is 5.16. The zero-order valence-corrected chi connectivity index (χ0v) is 13.0. The molecule has 0 aliphatic heterocycles. The van der Waals surface area contributed by atoms with Crippen LogP contribution in [0.5, 0.6) is 0 Å². The summed E-state index contributed by atoms with van der Waals surface area (Å²) in [6, 6.07) is 9.48. The highest BCUT2D eigenvalue weighted by Gasteiger charge is 2.13. The summed E-state index contributed by atoms with van der Waals surface area (Å²) >= 11 is 1.56. The van der Waals surface area contributed by atoms with Gasteiger partial charge in [-0.3, -0.25) is 0 Å². The van der Waals surface area contributed by atoms with Crippen LogP contribution in [0.2, 0.25) is 0 Å². The molecule has 20 heavy (non-hydrogen) atoms. The number of benzene rings is 2. The predicted molar refractivity (Wildman–Crippen MR) is 81.8 cm³/mol. The smallest absolute Gasteiger partial charge is 0.126 e. The minimum Gasteiger partial charge on any atom is -0.389 e. The highest BCUT2D eigenvalue weighted by molar-refractivity contribution is 7.99. The average Bonchev–Trinajstić information content (AvgIpc) is 2.37. The van der Waals surface area contributed by atoms with Crippen LogP contribution in [0.4, 0.5) is 4.39 Å². The van der Waals surface area contributed by atoms with Crippen LogP contribution in [-0.2, 0) is 0 Å². The molecule has 0 bridgehead atoms. The Morgan fingerprint density at radius 3 is 2.30 bits per heavy atom. The summed E-state index contributed by atoms with van der Waals surface area (Å²) in [4.78, 5) is 2.00. The molecule has 2 aromatic carbocycles. The molecule has 0 saturated heterocycles. The summed E-state index contributed by atoms with van der Waals surface area (Å²) < 4.78 is 13.7. The topological polar surface area (TPSA) is 20.2 Å². The second kappa shape index (κ2) is 5.98. The molecule has 0 unspecified atom stereocenters. The number of aliphatic hydroxyl groups excluding tert-OH is 1. The van der Waals surface area contributed by atoms with E-state index in [9.17, 15) is 9.50 Å². The van der Waals surface area contributed by atoms with Gasteiger partial charge in [0.05, 0.1) is 6.10 Å². The van der Waals surface area contributed by atoms with E-state index < -0.39 is 6.10 Å². The average molecular weight is 290 g/mol. The molecule has 0 aromatic heterocycles. The zero-order valence-electron chi connectivity index (χ0n) is 12.2. The molecule has 0 saturated carbocycles. The van der Waals surface area contributed by atoms with Crippen molar-refractivity contribution in [3.8, 4) is 0 Å². The number of aliphatic hydroxyl groups is 1. The van der Waals surface area contributed by atoms with E-state index in [1.54, 1.807) is 31.7 Å². The highest BCUT2D eigenvalue weighted by Crippen LogP contribution is 2.35. The van der Waals surface area contributed by atoms with E-state index in [4.69, 9.17) is 0 Å². The molecule has 106 valence electrons. The molecule has 3 heteroatoms. The van der Waals surface area contributed by atoms with Gasteiger partial charge in [-0.05, 0) is 74.2 Å². The van der Waals surface area contributed by atoms with E-state index in [0.29, 0.717) is 11.1 Å². The first-order chi connectivity index (χ1) is 9.38. The van der Waals surface area contributed by atoms with Crippen molar-refractivity contribution in [3.63, 3.8) is 0 Å². The van der Waals surface area contributed by atoms with Crippen LogP contribution >= 0.6 is 11.8 Å². The fourth-order valence-electron chi connectivity index (χ4n) is 1.99. The van der Waals surface area contributed by atoms with Gasteiger partial charge in [0.2, 0.25) is 0 Å². The van der Waals surface area contributed by atoms with Crippen molar-refractivity contribution in [2.45, 2.75) is 43.6 Å². The lowest BCUT2D eigenvalue weighted by atomic mass is 10.1. The summed E-state index contributed by atoms with van der Waals surface area (Å²) in [5.74, 6) is -0.273. The Morgan fingerprint density at radius 1 is 1.00 bits per heavy atom. The Morgan fingerprint density at radius 2 is 1.70 bits per heavy atom. The van der Waals surface area contributed by atoms with E-state index in [-0.39, 0.29) is 5.82 Å². The molecule has 0 aliphatic rings. The summed E-state index contributed by atoms with van der Waals surface area (Å²) in [6.07, 6.45) is -0.681. The molecule has 0 fully saturated rings. The summed E-state index contributed by atoms with van der Waals surface area (Å²) in [6.45, 7) is 7.55. The van der Waals surface area contributed by atoms with E-state index >= 15 is 0 Å². The maximum Gasteiger partial charge on any atom is 0.126 e. The lowest BCUT2D eigenvalue weighted by molar-refractivity contribution is 0.196. The van der Waals surface area contributed by atoms with Gasteiger partial charge in [-0.15, -0.1) is 0 Å². The Hall–Kier alpha value is -1.32. The van der Waals surface area contributed by atoms with Crippen LogP contribution in [-0.4, -0.2) is 5.11 Å². The number of aryl methyl sites for hydroxylation is 3. The maximum atomic E-state index is 13.7. The van der Waals surface area contributed by atoms with Gasteiger partial charge in [0.15, 0.2) is 0 Å². The molecule has 1 nitrogen and oxygen atoms in total. The van der Waals surface area contributed by atoms with Crippen LogP contribution in [0.15, 0.2) is 40.1 Å². The minimum absolute atomic E-state index is 0.273. The van der Waals surface area contributed by atoms with Gasteiger partial charge in [-0.25, -0.2) is 4.39 Å². The molecule has 0 heterocycles. The first-order valence-corrected chi connectivity index (χ1v) is 7.43. The largest absolute Gasteiger partial charge is 0.389 e. The third-order valence-corrected chi connectivity index (χ3v) is 4.51. The standard InChI is InChI=1S/C17H19FOS/c1-10-5-6-14(7-11(10)2)20-17-8-12(3)16(18)9-15(17)13(4)19/h5-9,13,19H,1-4H3/t13-/m0/s1. The van der Waals surface area contributed by atoms with Crippen LogP contribution in [0.25, 0.3) is 0 Å². The predicted octanol–water partition coefficient (Wildman–Crippen LogP) is 4.96. The lowest BCUT2D eigenvalue weighted by Gasteiger charge is -2.14. The van der Waals surface area contributed by atoms with Crippen molar-refractivity contribution in [2.75, 3.05) is 0 Å². The normalized spacial score (nSPS) is 12.5. The van der Waals surface area contributed by atoms with Gasteiger partial charge in [0.25, 0.3) is 0 Å². The molecule has 1 N–H and O–H groups in total. The second-order valence-corrected chi connectivity index (χ2v) is 6.28. The molecule has 2 aromatic rings. The van der Waals surface area contributed by atoms with Crippen molar-refractivity contribution in [1.82, 2.24) is 0 Å². The SMILES string of the molecule is Cc1ccc(Sc2cc(C)c(F)cc2[C@H](C)O)cc1C. The van der Waals surface area contributed by atoms with Gasteiger partial charge in [0.1, 0.15) is 5.82 Å². The Bertz CT molecular complexity index is 635. The fourth-order valence-corrected chi connectivity index (χ4v) is 3.20. The van der Waals surface area contributed by atoms with Crippen molar-refractivity contribution in [2.24, 2.45) is 0 Å². The Labute approximate surface area is 123 Å². The molecule has 0 amide bonds. The quantitative estimate of drug-likeness (QED) is 0.862. The van der Waals surface area contributed by atoms with Crippen molar-refractivity contribution >= 4 is 11.8 Å². The van der Waals surface area contributed by atoms with E-state index in [1.807, 2.05) is 0 Å². The Balaban J connectivity index is 2.41. The molecular formula is C17H19FOS. The summed E-state index contributed by atoms with van der Waals surface area (Å²) in [7, 11) is 0. The molecule has 0 radical (unpaired) electrons. The van der Waals surface area contributed by atoms with E-state index in [0.717, 1.165) is 9.79 Å². The first-order valence-electron chi connectivity index (χ1n) is 6.61. The monoisotopic (exact) mass is 290 g/mol. The number of rotatable bonds is 3. The van der Waals surface area contributed by atoms with Gasteiger partial charge >= 0.3 is 0 Å². The van der Waals surface area contributed by atoms with Crippen molar-refractivity contribution in [3.05, 3.63) is 58.4 Å². The van der Waals surface area contributed by atoms with E-state index in [1.165, 1.54) is 17.2 Å². The highest BCUT2D eigenvalue weighted by atomic mass is 32.2. The third kappa shape index (κ3) is 3.22. The van der Waals surface area contributed by atoms with Gasteiger partial charge in [0, 0.05) is 9.79 Å². The van der Waals surface area contributed by atoms with Crippen molar-refractivity contribution in [1.29, 1.82) is 0 Å². The maximum absolute atomic E-state index is 13.7. The summed E-state index contributed by atoms with van der Waals surface area (Å²) in [5.41, 5.74) is 3.71. The minimum atomic E-state index is -0.681. The van der Waals surface area contributed by atoms with Gasteiger partial charge < -0.3 is 5.11 Å². The molecule has 0 aliphatic carbocycles. The van der Waals surface area contributed by atoms with Crippen LogP contribution in [0.1, 0.15) is 35.3 Å². The summed E-state index contributed by atoms with van der Waals surface area (Å²) in [5, 5.41) is 9.82. The van der Waals surface area contributed by atoms with Crippen molar-refractivity contribution < 1.29 is 9.50 Å². The molecule has 2 rings (SSSR count). The Kier molecular flexibility index (Phi) is 4.51. The number of halogens is 1. The molecular weight excluding hydrogens is 271 g/mol. The van der Waals surface area contributed by atoms with Crippen LogP contribution in [0.3, 0.4) is 0 Å². The fraction of sp³-hybridized carbons (Fsp3) is 0.294. The van der Waals surface area contributed by atoms with Gasteiger partial charge in [-0.2, -0.15) is 0 Å². The van der Waals surface area contributed by atoms with Crippen LogP contribution in [0, 0.1) is 26.6 Å². The van der Waals surface area contributed by atoms with E-state index in [2.05, 4.69) is 32.0 Å². The van der Waals surface area contributed by atoms with Gasteiger partial charge in [-0.1, -0.05) is 17.8 Å². The lowest BCUT2D eigenvalue weighted by Crippen LogP contribution is -1.97.